The summed E-state index contributed by atoms with van der Waals surface area (Å²) >= 11 is 14.9. The van der Waals surface area contributed by atoms with Crippen molar-refractivity contribution in [1.82, 2.24) is 4.98 Å². The van der Waals surface area contributed by atoms with E-state index in [-0.39, 0.29) is 5.92 Å². The molecule has 2 N–H and O–H groups in total. The lowest BCUT2D eigenvalue weighted by molar-refractivity contribution is -0.766. The van der Waals surface area contributed by atoms with E-state index >= 15 is 0 Å². The van der Waals surface area contributed by atoms with E-state index in [0.717, 1.165) is 9.79 Å². The number of hydrogen-bond acceptors (Lipinski definition) is 9. The maximum absolute atomic E-state index is 11.7. The van der Waals surface area contributed by atoms with Gasteiger partial charge in [-0.3, -0.25) is 14.4 Å². The predicted octanol–water partition coefficient (Wildman–Crippen LogP) is 5.37. The van der Waals surface area contributed by atoms with Gasteiger partial charge in [-0.25, -0.2) is 8.42 Å². The molecule has 2 unspecified atom stereocenters. The molecule has 0 fully saturated rings. The first-order valence-corrected chi connectivity index (χ1v) is 17.7. The second-order valence-electron chi connectivity index (χ2n) is 8.91. The number of nitrogens with one attached hydrogen (secondary N) is 1. The van der Waals surface area contributed by atoms with E-state index in [1.54, 1.807) is 48.8 Å². The van der Waals surface area contributed by atoms with Crippen molar-refractivity contribution >= 4 is 78.3 Å². The zero-order valence-corrected chi connectivity index (χ0v) is 26.3. The monoisotopic (exact) mass is 673 g/mol. The van der Waals surface area contributed by atoms with Crippen LogP contribution in [-0.2, 0) is 20.2 Å². The Labute approximate surface area is 257 Å². The van der Waals surface area contributed by atoms with Gasteiger partial charge in [0.2, 0.25) is 0 Å². The maximum Gasteiger partial charge on any atom is 0.283 e. The number of aromatic nitrogens is 1. The van der Waals surface area contributed by atoms with Crippen molar-refractivity contribution < 1.29 is 30.8 Å². The van der Waals surface area contributed by atoms with Crippen LogP contribution in [0, 0.1) is 5.92 Å². The Kier molecular flexibility index (Phi) is 10.5. The van der Waals surface area contributed by atoms with Crippen LogP contribution < -0.4 is 9.80 Å². The Bertz CT molecular complexity index is 1550. The van der Waals surface area contributed by atoms with Gasteiger partial charge in [-0.05, 0) is 72.8 Å². The molecule has 3 heterocycles. The van der Waals surface area contributed by atoms with Crippen LogP contribution in [0.25, 0.3) is 0 Å². The first-order chi connectivity index (χ1) is 19.3. The first kappa shape index (κ1) is 31.9. The molecule has 2 atom stereocenters. The molecule has 2 aromatic carbocycles. The van der Waals surface area contributed by atoms with Crippen molar-refractivity contribution in [2.45, 2.75) is 23.1 Å². The molecule has 1 aromatic heterocycles. The first-order valence-electron chi connectivity index (χ1n) is 12.1. The minimum atomic E-state index is -4.55. The summed E-state index contributed by atoms with van der Waals surface area (Å²) in [7, 11) is -8.89. The minimum Gasteiger partial charge on any atom is -0.744 e. The van der Waals surface area contributed by atoms with Crippen LogP contribution in [0.15, 0.2) is 99.0 Å². The molecular weight excluding hydrogens is 649 g/mol. The van der Waals surface area contributed by atoms with Crippen molar-refractivity contribution in [3.05, 3.63) is 99.2 Å². The Hall–Kier alpha value is -2.07. The lowest BCUT2D eigenvalue weighted by Gasteiger charge is -2.20. The summed E-state index contributed by atoms with van der Waals surface area (Å²) in [4.78, 5) is 7.24. The molecule has 0 spiro atoms. The highest BCUT2D eigenvalue weighted by Gasteiger charge is 2.34. The van der Waals surface area contributed by atoms with E-state index in [9.17, 15) is 25.9 Å². The standard InChI is InChI=1S/C21H20Cl2N2O6S4.C5H5N/c1-2-13(7-20-24(11-34(26,27)28)16-9-14(22)3-5-18(16)32-20)8-21-25(12-35(29,30)31)17-10-15(23)4-6-19(17)33-21;1-2-4-6-5-3-1/h3-10,13H,2,11-12H2,1H3,(H,26,27,28)(H,29,30,31);1-5H. The van der Waals surface area contributed by atoms with Crippen LogP contribution in [0.4, 0.5) is 11.4 Å². The number of thioether (sulfide) groups is 2. The number of halogens is 2. The molecule has 0 saturated heterocycles. The van der Waals surface area contributed by atoms with E-state index < -0.39 is 32.0 Å². The van der Waals surface area contributed by atoms with E-state index in [4.69, 9.17) is 23.2 Å². The fourth-order valence-electron chi connectivity index (χ4n) is 4.07. The SMILES string of the molecule is CCC(C=C1Sc2ccc(Cl)cc2N1CS(=O)(=O)O)C=C1Sc2ccc(Cl)cc2[NH+]1CS(=O)(=O)[O-].c1ccncc1. The lowest BCUT2D eigenvalue weighted by Crippen LogP contribution is -3.04. The van der Waals surface area contributed by atoms with Crippen molar-refractivity contribution in [3.8, 4) is 0 Å². The summed E-state index contributed by atoms with van der Waals surface area (Å²) in [6.45, 7) is 1.93. The molecule has 2 aliphatic rings. The minimum absolute atomic E-state index is 0.233. The molecule has 3 aromatic rings. The highest BCUT2D eigenvalue weighted by atomic mass is 35.5. The Morgan fingerprint density at radius 3 is 2.22 bits per heavy atom. The quantitative estimate of drug-likeness (QED) is 0.316. The summed E-state index contributed by atoms with van der Waals surface area (Å²) in [5.74, 6) is -1.54. The second-order valence-corrected chi connectivity index (χ2v) is 14.8. The second kappa shape index (κ2) is 13.5. The van der Waals surface area contributed by atoms with Crippen LogP contribution in [0.1, 0.15) is 13.3 Å². The maximum atomic E-state index is 11.7. The van der Waals surface area contributed by atoms with Gasteiger partial charge < -0.3 is 9.45 Å². The van der Waals surface area contributed by atoms with E-state index in [2.05, 4.69) is 4.98 Å². The van der Waals surface area contributed by atoms with Crippen LogP contribution in [0.3, 0.4) is 0 Å². The highest BCUT2D eigenvalue weighted by Crippen LogP contribution is 2.48. The highest BCUT2D eigenvalue weighted by molar-refractivity contribution is 8.04. The number of pyridine rings is 1. The van der Waals surface area contributed by atoms with Gasteiger partial charge in [0.25, 0.3) is 10.1 Å². The zero-order valence-electron chi connectivity index (χ0n) is 21.5. The topological polar surface area (TPSA) is 132 Å². The molecule has 2 aliphatic heterocycles. The van der Waals surface area contributed by atoms with Crippen molar-refractivity contribution in [1.29, 1.82) is 0 Å². The van der Waals surface area contributed by atoms with E-state index in [1.807, 2.05) is 37.3 Å². The van der Waals surface area contributed by atoms with Crippen LogP contribution >= 0.6 is 46.7 Å². The molecule has 9 nitrogen and oxygen atoms in total. The Morgan fingerprint density at radius 2 is 1.66 bits per heavy atom. The van der Waals surface area contributed by atoms with Crippen molar-refractivity contribution in [2.75, 3.05) is 16.7 Å². The van der Waals surface area contributed by atoms with Gasteiger partial charge in [0, 0.05) is 39.3 Å². The number of allylic oxidation sites excluding steroid dienone is 2. The summed E-state index contributed by atoms with van der Waals surface area (Å²) in [5, 5.41) is 2.08. The summed E-state index contributed by atoms with van der Waals surface area (Å²) in [6, 6.07) is 15.9. The number of nitrogens with zero attached hydrogens (tertiary/aromatic N) is 2. The summed E-state index contributed by atoms with van der Waals surface area (Å²) in [6.07, 6.45) is 7.84. The van der Waals surface area contributed by atoms with Crippen molar-refractivity contribution in [2.24, 2.45) is 5.92 Å². The van der Waals surface area contributed by atoms with E-state index in [0.29, 0.717) is 42.8 Å². The van der Waals surface area contributed by atoms with Gasteiger partial charge in [-0.1, -0.05) is 48.0 Å². The fourth-order valence-corrected chi connectivity index (χ4v) is 8.21. The Balaban J connectivity index is 0.000000572. The number of benzene rings is 2. The third-order valence-corrected chi connectivity index (χ3v) is 9.86. The molecule has 0 amide bonds. The normalized spacial score (nSPS) is 19.0. The average molecular weight is 675 g/mol. The van der Waals surface area contributed by atoms with Gasteiger partial charge >= 0.3 is 0 Å². The number of fused-ring (bicyclic) bond motifs is 2. The largest absolute Gasteiger partial charge is 0.744 e. The molecular formula is C26H25Cl2N3O6S4. The lowest BCUT2D eigenvalue weighted by atomic mass is 10.1. The smallest absolute Gasteiger partial charge is 0.283 e. The Morgan fingerprint density at radius 1 is 1.00 bits per heavy atom. The molecule has 41 heavy (non-hydrogen) atoms. The van der Waals surface area contributed by atoms with Gasteiger partial charge in [-0.2, -0.15) is 8.42 Å². The fraction of sp³-hybridized carbons (Fsp3) is 0.192. The van der Waals surface area contributed by atoms with Gasteiger partial charge in [-0.15, -0.1) is 0 Å². The average Bonchev–Trinajstić information content (AvgIpc) is 3.39. The number of anilines is 1. The molecule has 5 rings (SSSR count). The third-order valence-electron chi connectivity index (χ3n) is 5.85. The number of rotatable bonds is 7. The van der Waals surface area contributed by atoms with Crippen LogP contribution in [0.5, 0.6) is 0 Å². The molecule has 0 bridgehead atoms. The number of quaternary nitrogens is 1. The van der Waals surface area contributed by atoms with Crippen LogP contribution in [-0.4, -0.2) is 42.7 Å². The predicted molar refractivity (Wildman–Crippen MR) is 163 cm³/mol. The molecule has 0 radical (unpaired) electrons. The molecule has 0 saturated carbocycles. The zero-order chi connectivity index (χ0) is 29.8. The van der Waals surface area contributed by atoms with Crippen LogP contribution in [0.2, 0.25) is 10.0 Å². The van der Waals surface area contributed by atoms with Crippen molar-refractivity contribution in [3.63, 3.8) is 0 Å². The number of hydrogen-bond donors (Lipinski definition) is 2. The van der Waals surface area contributed by atoms with E-state index in [1.165, 1.54) is 28.4 Å². The third kappa shape index (κ3) is 8.96. The van der Waals surface area contributed by atoms with Gasteiger partial charge in [0.05, 0.1) is 15.6 Å². The summed E-state index contributed by atoms with van der Waals surface area (Å²) in [5.41, 5.74) is 1.18. The molecule has 0 aliphatic carbocycles. The van der Waals surface area contributed by atoms with Gasteiger partial charge in [0.1, 0.15) is 10.1 Å². The molecule has 15 heteroatoms. The summed E-state index contributed by atoms with van der Waals surface area (Å²) < 4.78 is 67.9. The molecule has 218 valence electrons. The van der Waals surface area contributed by atoms with Gasteiger partial charge in [0.15, 0.2) is 22.5 Å².